The third-order valence-electron chi connectivity index (χ3n) is 8.44. The second kappa shape index (κ2) is 15.6. The summed E-state index contributed by atoms with van der Waals surface area (Å²) >= 11 is 0. The average Bonchev–Trinajstić information content (AvgIpc) is 2.94. The second-order valence-electron chi connectivity index (χ2n) is 11.5. The maximum Gasteiger partial charge on any atom is 0.407 e. The Labute approximate surface area is 243 Å². The van der Waals surface area contributed by atoms with Gasteiger partial charge in [-0.1, -0.05) is 32.9 Å². The highest BCUT2D eigenvalue weighted by atomic mass is 16.7. The van der Waals surface area contributed by atoms with Crippen LogP contribution in [0.15, 0.2) is 12.2 Å². The maximum absolute atomic E-state index is 13.2. The quantitative estimate of drug-likeness (QED) is 0.110. The molecule has 2 aliphatic rings. The first-order valence-corrected chi connectivity index (χ1v) is 14.1. The molecule has 6 N–H and O–H groups in total. The summed E-state index contributed by atoms with van der Waals surface area (Å²) in [5, 5.41) is 27.4. The summed E-state index contributed by atoms with van der Waals surface area (Å²) in [6.45, 7) is 12.4. The summed E-state index contributed by atoms with van der Waals surface area (Å²) in [6.07, 6.45) is -5.04. The third kappa shape index (κ3) is 8.83. The van der Waals surface area contributed by atoms with Crippen LogP contribution in [0.3, 0.4) is 0 Å². The van der Waals surface area contributed by atoms with Crippen molar-refractivity contribution in [2.75, 3.05) is 41.0 Å². The van der Waals surface area contributed by atoms with Crippen molar-refractivity contribution in [2.24, 2.45) is 17.1 Å². The van der Waals surface area contributed by atoms with E-state index < -0.39 is 60.0 Å². The van der Waals surface area contributed by atoms with E-state index in [4.69, 9.17) is 34.2 Å². The van der Waals surface area contributed by atoms with Crippen LogP contribution in [0.2, 0.25) is 0 Å². The number of hydrogen-bond acceptors (Lipinski definition) is 11. The SMILES string of the molecule is C=C1C[C@](OC)([C@H](O)C(=O)N[C@@H](OC)C2C[C@@H](O)C(C)(C)[C@@H](C[C@@H](COC(=O)NCCCN)OC)O2)O[C@H](C)[C@@H]1C. The Morgan fingerprint density at radius 1 is 1.22 bits per heavy atom. The monoisotopic (exact) mass is 589 g/mol. The lowest BCUT2D eigenvalue weighted by atomic mass is 9.74. The van der Waals surface area contributed by atoms with Gasteiger partial charge in [0.15, 0.2) is 12.3 Å². The van der Waals surface area contributed by atoms with E-state index in [1.165, 1.54) is 21.3 Å². The molecule has 1 unspecified atom stereocenters. The summed E-state index contributed by atoms with van der Waals surface area (Å²) in [6, 6.07) is 0. The molecule has 0 spiro atoms. The molecule has 238 valence electrons. The van der Waals surface area contributed by atoms with Crippen LogP contribution in [-0.4, -0.2) is 112 Å². The van der Waals surface area contributed by atoms with Gasteiger partial charge in [0.2, 0.25) is 5.79 Å². The van der Waals surface area contributed by atoms with Crippen molar-refractivity contribution in [3.05, 3.63) is 12.2 Å². The smallest absolute Gasteiger partial charge is 0.407 e. The Balaban J connectivity index is 2.09. The first kappa shape index (κ1) is 35.4. The molecule has 2 saturated heterocycles. The Kier molecular flexibility index (Phi) is 13.4. The van der Waals surface area contributed by atoms with Gasteiger partial charge in [-0.2, -0.15) is 0 Å². The zero-order valence-corrected chi connectivity index (χ0v) is 25.5. The molecule has 9 atom stereocenters. The van der Waals surface area contributed by atoms with E-state index in [1.54, 1.807) is 0 Å². The highest BCUT2D eigenvalue weighted by Gasteiger charge is 2.51. The summed E-state index contributed by atoms with van der Waals surface area (Å²) in [7, 11) is 4.26. The number of aliphatic hydroxyl groups excluding tert-OH is 2. The molecule has 0 aliphatic carbocycles. The number of aliphatic hydroxyl groups is 2. The zero-order valence-electron chi connectivity index (χ0n) is 25.5. The van der Waals surface area contributed by atoms with Crippen LogP contribution in [0, 0.1) is 11.3 Å². The average molecular weight is 590 g/mol. The van der Waals surface area contributed by atoms with E-state index in [-0.39, 0.29) is 31.5 Å². The summed E-state index contributed by atoms with van der Waals surface area (Å²) in [4.78, 5) is 25.2. The van der Waals surface area contributed by atoms with Crippen molar-refractivity contribution >= 4 is 12.0 Å². The number of nitrogens with one attached hydrogen (secondary N) is 2. The Morgan fingerprint density at radius 2 is 1.90 bits per heavy atom. The predicted molar refractivity (Wildman–Crippen MR) is 150 cm³/mol. The fraction of sp³-hybridized carbons (Fsp3) is 0.857. The number of methoxy groups -OCH3 is 3. The van der Waals surface area contributed by atoms with Gasteiger partial charge in [-0.3, -0.25) is 4.79 Å². The number of hydrogen-bond donors (Lipinski definition) is 5. The molecule has 0 aromatic heterocycles. The number of ether oxygens (including phenoxy) is 6. The lowest BCUT2D eigenvalue weighted by Gasteiger charge is -2.48. The minimum Gasteiger partial charge on any atom is -0.447 e. The standard InChI is InChI=1S/C28H51N3O10/c1-16-14-28(38-8,41-18(3)17(16)2)23(33)24(34)31-25(37-7)20-13-21(32)27(4,5)22(40-20)12-19(36-6)15-39-26(35)30-11-9-10-29/h17-23,25,32-33H,1,9-15,29H2,2-8H3,(H,30,35)(H,31,34)/t17-,18-,19+,20?,21-,22-,23-,25+,28-/m1/s1. The normalized spacial score (nSPS) is 32.0. The van der Waals surface area contributed by atoms with Gasteiger partial charge in [0.25, 0.3) is 5.91 Å². The number of nitrogens with two attached hydrogens (primary N) is 1. The van der Waals surface area contributed by atoms with Crippen LogP contribution < -0.4 is 16.4 Å². The second-order valence-corrected chi connectivity index (χ2v) is 11.5. The van der Waals surface area contributed by atoms with Crippen LogP contribution in [0.25, 0.3) is 0 Å². The maximum atomic E-state index is 13.2. The Morgan fingerprint density at radius 3 is 2.46 bits per heavy atom. The van der Waals surface area contributed by atoms with Gasteiger partial charge in [-0.25, -0.2) is 4.79 Å². The van der Waals surface area contributed by atoms with Crippen molar-refractivity contribution in [3.8, 4) is 0 Å². The topological polar surface area (TPSA) is 180 Å². The van der Waals surface area contributed by atoms with Crippen molar-refractivity contribution in [1.82, 2.24) is 10.6 Å². The highest BCUT2D eigenvalue weighted by molar-refractivity contribution is 5.82. The molecular formula is C28H51N3O10. The van der Waals surface area contributed by atoms with Gasteiger partial charge in [0, 0.05) is 58.5 Å². The molecule has 0 saturated carbocycles. The minimum atomic E-state index is -1.69. The van der Waals surface area contributed by atoms with Gasteiger partial charge in [0.1, 0.15) is 12.7 Å². The van der Waals surface area contributed by atoms with Crippen LogP contribution in [0.5, 0.6) is 0 Å². The molecule has 0 radical (unpaired) electrons. The summed E-state index contributed by atoms with van der Waals surface area (Å²) < 4.78 is 34.2. The largest absolute Gasteiger partial charge is 0.447 e. The van der Waals surface area contributed by atoms with Gasteiger partial charge < -0.3 is 55.0 Å². The molecule has 13 nitrogen and oxygen atoms in total. The number of rotatable bonds is 14. The van der Waals surface area contributed by atoms with Gasteiger partial charge in [-0.05, 0) is 19.9 Å². The van der Waals surface area contributed by atoms with E-state index in [9.17, 15) is 19.8 Å². The van der Waals surface area contributed by atoms with E-state index in [1.807, 2.05) is 27.7 Å². The van der Waals surface area contributed by atoms with Crippen molar-refractivity contribution in [3.63, 3.8) is 0 Å². The molecule has 2 amide bonds. The van der Waals surface area contributed by atoms with Crippen molar-refractivity contribution < 1.29 is 48.2 Å². The molecule has 2 aliphatic heterocycles. The summed E-state index contributed by atoms with van der Waals surface area (Å²) in [5.41, 5.74) is 5.55. The lowest BCUT2D eigenvalue weighted by Crippen LogP contribution is -2.62. The molecular weight excluding hydrogens is 538 g/mol. The number of amides is 2. The third-order valence-corrected chi connectivity index (χ3v) is 8.44. The van der Waals surface area contributed by atoms with E-state index in [2.05, 4.69) is 17.2 Å². The first-order valence-electron chi connectivity index (χ1n) is 14.1. The summed E-state index contributed by atoms with van der Waals surface area (Å²) in [5.74, 6) is -2.36. The van der Waals surface area contributed by atoms with Crippen LogP contribution in [-0.2, 0) is 33.2 Å². The van der Waals surface area contributed by atoms with Gasteiger partial charge in [-0.15, -0.1) is 0 Å². The van der Waals surface area contributed by atoms with E-state index in [0.29, 0.717) is 25.9 Å². The molecule has 0 aromatic carbocycles. The van der Waals surface area contributed by atoms with Gasteiger partial charge in [0.05, 0.1) is 24.4 Å². The van der Waals surface area contributed by atoms with E-state index in [0.717, 1.165) is 5.57 Å². The Hall–Kier alpha value is -1.84. The zero-order chi connectivity index (χ0) is 31.0. The first-order chi connectivity index (χ1) is 19.3. The number of carbonyl (C=O) groups is 2. The van der Waals surface area contributed by atoms with Crippen molar-refractivity contribution in [2.45, 2.75) is 102 Å². The molecule has 0 bridgehead atoms. The fourth-order valence-electron chi connectivity index (χ4n) is 5.10. The minimum absolute atomic E-state index is 0.0280. The Bertz CT molecular complexity index is 874. The predicted octanol–water partition coefficient (Wildman–Crippen LogP) is 0.805. The van der Waals surface area contributed by atoms with Crippen molar-refractivity contribution in [1.29, 1.82) is 0 Å². The molecule has 2 rings (SSSR count). The van der Waals surface area contributed by atoms with Crippen LogP contribution in [0.1, 0.15) is 53.4 Å². The van der Waals surface area contributed by atoms with Crippen LogP contribution >= 0.6 is 0 Å². The van der Waals surface area contributed by atoms with Gasteiger partial charge >= 0.3 is 6.09 Å². The number of carbonyl (C=O) groups excluding carboxylic acids is 2. The number of alkyl carbamates (subject to hydrolysis) is 1. The molecule has 41 heavy (non-hydrogen) atoms. The van der Waals surface area contributed by atoms with Crippen LogP contribution in [0.4, 0.5) is 4.79 Å². The molecule has 2 fully saturated rings. The lowest BCUT2D eigenvalue weighted by molar-refractivity contribution is -0.298. The molecule has 13 heteroatoms. The molecule has 0 aromatic rings. The fourth-order valence-corrected chi connectivity index (χ4v) is 5.10. The highest BCUT2D eigenvalue weighted by Crippen LogP contribution is 2.41. The van der Waals surface area contributed by atoms with E-state index >= 15 is 0 Å². The molecule has 2 heterocycles.